The van der Waals surface area contributed by atoms with Crippen LogP contribution in [0.2, 0.25) is 0 Å². The minimum Gasteiger partial charge on any atom is -0.476 e. The molecule has 16 nitrogen and oxygen atoms in total. The molecule has 0 unspecified atom stereocenters. The van der Waals surface area contributed by atoms with Crippen molar-refractivity contribution in [1.29, 1.82) is 0 Å². The van der Waals surface area contributed by atoms with Gasteiger partial charge < -0.3 is 39.8 Å². The predicted octanol–water partition coefficient (Wildman–Crippen LogP) is 11.5. The number of fused-ring (bicyclic) bond motifs is 2. The van der Waals surface area contributed by atoms with E-state index in [1.165, 1.54) is 17.8 Å². The monoisotopic (exact) mass is 1110 g/mol. The number of benzene rings is 6. The summed E-state index contributed by atoms with van der Waals surface area (Å²) in [5.74, 6) is 0.820. The number of aliphatic hydroxyl groups excluding tert-OH is 1. The van der Waals surface area contributed by atoms with Gasteiger partial charge in [0.1, 0.15) is 11.1 Å². The van der Waals surface area contributed by atoms with Gasteiger partial charge in [-0.1, -0.05) is 182 Å². The lowest BCUT2D eigenvalue weighted by molar-refractivity contribution is -0.0888. The normalized spacial score (nSPS) is 20.8. The number of aromatic nitrogens is 8. The summed E-state index contributed by atoms with van der Waals surface area (Å²) >= 11 is 0. The number of rotatable bonds is 18. The van der Waals surface area contributed by atoms with E-state index in [0.29, 0.717) is 35.5 Å². The van der Waals surface area contributed by atoms with Gasteiger partial charge in [0.05, 0.1) is 51.3 Å². The summed E-state index contributed by atoms with van der Waals surface area (Å²) in [6, 6.07) is 61.1. The fourth-order valence-electron chi connectivity index (χ4n) is 11.4. The van der Waals surface area contributed by atoms with Gasteiger partial charge in [-0.15, -0.1) is 0 Å². The molecule has 4 aromatic heterocycles. The minimum atomic E-state index is -1.82. The number of halogens is 2. The molecule has 6 heterocycles. The third-order valence-corrected chi connectivity index (χ3v) is 14.9. The Morgan fingerprint density at radius 3 is 1.34 bits per heavy atom. The highest BCUT2D eigenvalue weighted by Gasteiger charge is 2.50. The van der Waals surface area contributed by atoms with Gasteiger partial charge in [-0.3, -0.25) is 9.13 Å². The largest absolute Gasteiger partial charge is 0.476 e. The molecule has 0 bridgehead atoms. The zero-order chi connectivity index (χ0) is 56.9. The highest BCUT2D eigenvalue weighted by Crippen LogP contribution is 2.47. The molecule has 12 rings (SSSR count). The molecule has 0 aliphatic carbocycles. The Morgan fingerprint density at radius 1 is 0.561 bits per heavy atom. The van der Waals surface area contributed by atoms with Crippen LogP contribution in [0.1, 0.15) is 86.4 Å². The van der Waals surface area contributed by atoms with E-state index in [4.69, 9.17) is 44.4 Å². The first-order valence-corrected chi connectivity index (χ1v) is 27.4. The van der Waals surface area contributed by atoms with Crippen molar-refractivity contribution < 1.29 is 37.6 Å². The number of aliphatic hydroxyl groups is 1. The third-order valence-electron chi connectivity index (χ3n) is 14.9. The molecule has 2 aliphatic heterocycles. The molecule has 420 valence electrons. The van der Waals surface area contributed by atoms with E-state index in [9.17, 15) is 9.50 Å². The lowest BCUT2D eigenvalue weighted by Gasteiger charge is -2.37. The lowest BCUT2D eigenvalue weighted by atomic mass is 9.77. The second kappa shape index (κ2) is 23.4. The van der Waals surface area contributed by atoms with Gasteiger partial charge >= 0.3 is 0 Å². The lowest BCUT2D eigenvalue weighted by Crippen LogP contribution is -2.38. The Hall–Kier alpha value is -8.68. The first kappa shape index (κ1) is 55.2. The van der Waals surface area contributed by atoms with Crippen LogP contribution in [0.25, 0.3) is 22.3 Å². The van der Waals surface area contributed by atoms with Crippen LogP contribution in [0.3, 0.4) is 0 Å². The van der Waals surface area contributed by atoms with Crippen LogP contribution in [0.15, 0.2) is 195 Å². The van der Waals surface area contributed by atoms with E-state index in [1.807, 2.05) is 123 Å². The smallest absolute Gasteiger partial charge is 0.247 e. The van der Waals surface area contributed by atoms with Gasteiger partial charge in [0, 0.05) is 12.8 Å². The van der Waals surface area contributed by atoms with Gasteiger partial charge in [0.15, 0.2) is 46.1 Å². The molecular formula is C64H64F2N10O6. The van der Waals surface area contributed by atoms with Gasteiger partial charge in [0.2, 0.25) is 23.7 Å². The zero-order valence-corrected chi connectivity index (χ0v) is 45.9. The maximum Gasteiger partial charge on any atom is 0.247 e. The number of nitrogen functional groups attached to an aromatic ring is 1. The van der Waals surface area contributed by atoms with E-state index in [2.05, 4.69) is 93.1 Å². The minimum absolute atomic E-state index is 0.00923. The molecular weight excluding hydrogens is 1040 g/mol. The summed E-state index contributed by atoms with van der Waals surface area (Å²) in [7, 11) is 0. The van der Waals surface area contributed by atoms with Crippen LogP contribution in [-0.2, 0) is 25.4 Å². The van der Waals surface area contributed by atoms with Crippen molar-refractivity contribution in [2.45, 2.75) is 87.7 Å². The Kier molecular flexibility index (Phi) is 15.8. The van der Waals surface area contributed by atoms with E-state index < -0.39 is 47.1 Å². The topological polar surface area (TPSA) is 192 Å². The molecule has 0 saturated carbocycles. The molecule has 0 radical (unpaired) electrons. The third kappa shape index (κ3) is 10.6. The quantitative estimate of drug-likeness (QED) is 0.0688. The summed E-state index contributed by atoms with van der Waals surface area (Å²) in [6.07, 6.45) is -0.0317. The molecule has 18 heteroatoms. The standard InChI is InChI=1S/C51H46FN5O3.C13H18FN5O3/c1-3-58-46-44-45(54-48(55-46)56-50(37-22-10-4-11-23-37,38-24-12-5-13-25-38)39-26-14-6-15-27-39)57(36-53-44)47-49(2,52)34-43(60-47)35-59-51(40-28-16-7-17-29-40,41-30-18-8-19-31-41)42-32-20-9-21-33-42;1-3-21-10-8-9(17-12(15)18-10)19(6-16-8)11-13(2,14)4-7(5-20)22-11/h4-33,36,43,47H,3,34-35H2,1-2H3,(H,54,55,56);6-7,11,20H,3-5H2,1-2H3,(H2,15,17,18)/t43-,47+,49+;7-,11+,13+/m00/s1. The van der Waals surface area contributed by atoms with Crippen molar-refractivity contribution in [3.63, 3.8) is 0 Å². The Balaban J connectivity index is 0.000000268. The number of ether oxygens (including phenoxy) is 5. The SMILES string of the molecule is CCOc1nc(N)nc2c1ncn2[C@@H]1O[C@H](CO)C[C@@]1(C)F.CCOc1nc(NC(c2ccccc2)(c2ccccc2)c2ccccc2)nc2c1ncn2[C@@H]1O[C@H](COC(c2ccccc2)(c2ccccc2)c2ccccc2)C[C@@]1(C)F. The van der Waals surface area contributed by atoms with Crippen molar-refractivity contribution in [3.05, 3.63) is 228 Å². The van der Waals surface area contributed by atoms with Crippen LogP contribution >= 0.6 is 0 Å². The second-order valence-electron chi connectivity index (χ2n) is 20.7. The van der Waals surface area contributed by atoms with Gasteiger partial charge in [-0.05, 0) is 61.1 Å². The van der Waals surface area contributed by atoms with Crippen LogP contribution in [-0.4, -0.2) is 94.1 Å². The maximum absolute atomic E-state index is 17.2. The van der Waals surface area contributed by atoms with Crippen LogP contribution in [0.5, 0.6) is 11.8 Å². The van der Waals surface area contributed by atoms with Crippen molar-refractivity contribution in [1.82, 2.24) is 39.0 Å². The Morgan fingerprint density at radius 2 is 0.939 bits per heavy atom. The molecule has 6 atom stereocenters. The average Bonchev–Trinajstić information content (AvgIpc) is 3.80. The molecule has 0 spiro atoms. The zero-order valence-electron chi connectivity index (χ0n) is 45.9. The first-order chi connectivity index (χ1) is 39.9. The van der Waals surface area contributed by atoms with E-state index >= 15 is 4.39 Å². The number of hydrogen-bond acceptors (Lipinski definition) is 14. The fourth-order valence-corrected chi connectivity index (χ4v) is 11.4. The Bertz CT molecular complexity index is 3520. The first-order valence-electron chi connectivity index (χ1n) is 27.4. The summed E-state index contributed by atoms with van der Waals surface area (Å²) in [5, 5.41) is 13.0. The molecule has 2 fully saturated rings. The molecule has 2 aliphatic rings. The maximum atomic E-state index is 17.2. The van der Waals surface area contributed by atoms with E-state index in [1.54, 1.807) is 17.8 Å². The van der Waals surface area contributed by atoms with Gasteiger partial charge in [-0.2, -0.15) is 19.9 Å². The number of nitrogens with one attached hydrogen (secondary N) is 1. The van der Waals surface area contributed by atoms with Crippen LogP contribution in [0.4, 0.5) is 20.7 Å². The van der Waals surface area contributed by atoms with Crippen molar-refractivity contribution in [3.8, 4) is 11.8 Å². The summed E-state index contributed by atoms with van der Waals surface area (Å²) in [4.78, 5) is 27.0. The van der Waals surface area contributed by atoms with Crippen molar-refractivity contribution in [2.75, 3.05) is 37.5 Å². The highest BCUT2D eigenvalue weighted by atomic mass is 19.1. The molecule has 82 heavy (non-hydrogen) atoms. The molecule has 2 saturated heterocycles. The molecule has 4 N–H and O–H groups in total. The summed E-state index contributed by atoms with van der Waals surface area (Å²) < 4.78 is 65.9. The van der Waals surface area contributed by atoms with Crippen LogP contribution < -0.4 is 20.5 Å². The molecule has 6 aromatic carbocycles. The van der Waals surface area contributed by atoms with Gasteiger partial charge in [-0.25, -0.2) is 18.7 Å². The highest BCUT2D eigenvalue weighted by molar-refractivity contribution is 5.79. The van der Waals surface area contributed by atoms with Gasteiger partial charge in [0.25, 0.3) is 0 Å². The molecule has 10 aromatic rings. The number of imidazole rings is 2. The number of alkyl halides is 2. The predicted molar refractivity (Wildman–Crippen MR) is 309 cm³/mol. The average molecular weight is 1110 g/mol. The number of nitrogens with zero attached hydrogens (tertiary/aromatic N) is 8. The van der Waals surface area contributed by atoms with E-state index in [-0.39, 0.29) is 49.7 Å². The Labute approximate surface area is 473 Å². The van der Waals surface area contributed by atoms with Crippen LogP contribution in [0, 0.1) is 0 Å². The number of hydrogen-bond donors (Lipinski definition) is 3. The number of nitrogens with two attached hydrogens (primary N) is 1. The second-order valence-corrected chi connectivity index (χ2v) is 20.7. The molecule has 0 amide bonds. The van der Waals surface area contributed by atoms with E-state index in [0.717, 1.165) is 33.4 Å². The number of anilines is 2. The fraction of sp³-hybridized carbons (Fsp3) is 0.281. The van der Waals surface area contributed by atoms with Crippen molar-refractivity contribution >= 4 is 34.2 Å². The van der Waals surface area contributed by atoms with Crippen molar-refractivity contribution in [2.24, 2.45) is 0 Å². The summed E-state index contributed by atoms with van der Waals surface area (Å²) in [6.45, 7) is 7.29. The summed E-state index contributed by atoms with van der Waals surface area (Å²) in [5.41, 5.74) is 7.62.